The molecular weight excluding hydrogens is 360 g/mol. The minimum atomic E-state index is -0.486. The van der Waals surface area contributed by atoms with Gasteiger partial charge in [0.25, 0.3) is 0 Å². The van der Waals surface area contributed by atoms with Crippen LogP contribution < -0.4 is 9.64 Å². The van der Waals surface area contributed by atoms with E-state index in [-0.39, 0.29) is 30.6 Å². The van der Waals surface area contributed by atoms with Crippen molar-refractivity contribution in [3.05, 3.63) is 24.3 Å². The molecule has 2 aliphatic heterocycles. The smallest absolute Gasteiger partial charge is 0.410 e. The maximum absolute atomic E-state index is 12.1. The molecule has 1 unspecified atom stereocenters. The molecule has 154 valence electrons. The average molecular weight is 390 g/mol. The van der Waals surface area contributed by atoms with Crippen LogP contribution in [0.2, 0.25) is 0 Å². The normalized spacial score (nSPS) is 21.1. The zero-order chi connectivity index (χ0) is 20.3. The third-order valence-electron chi connectivity index (χ3n) is 5.01. The zero-order valence-corrected chi connectivity index (χ0v) is 16.9. The van der Waals surface area contributed by atoms with Crippen molar-refractivity contribution in [2.24, 2.45) is 5.92 Å². The monoisotopic (exact) mass is 390 g/mol. The molecule has 0 aromatic heterocycles. The molecule has 28 heavy (non-hydrogen) atoms. The van der Waals surface area contributed by atoms with E-state index in [9.17, 15) is 14.7 Å². The van der Waals surface area contributed by atoms with E-state index in [1.807, 2.05) is 45.0 Å². The molecule has 2 fully saturated rings. The lowest BCUT2D eigenvalue weighted by Gasteiger charge is -2.33. The molecule has 7 heteroatoms. The fourth-order valence-corrected chi connectivity index (χ4v) is 3.53. The SMILES string of the molecule is CC(C)(C)OC(=O)N1CCC(Oc2ccc(N3CC(CO)CC3=O)cc2)CC1. The van der Waals surface area contributed by atoms with E-state index in [4.69, 9.17) is 9.47 Å². The largest absolute Gasteiger partial charge is 0.490 e. The highest BCUT2D eigenvalue weighted by Crippen LogP contribution is 2.28. The van der Waals surface area contributed by atoms with E-state index in [2.05, 4.69) is 0 Å². The predicted molar refractivity (Wildman–Crippen MR) is 105 cm³/mol. The Labute approximate surface area is 166 Å². The van der Waals surface area contributed by atoms with Crippen LogP contribution >= 0.6 is 0 Å². The van der Waals surface area contributed by atoms with Gasteiger partial charge in [0.15, 0.2) is 0 Å². The first-order chi connectivity index (χ1) is 13.2. The quantitative estimate of drug-likeness (QED) is 0.855. The van der Waals surface area contributed by atoms with Crippen LogP contribution in [0.1, 0.15) is 40.0 Å². The number of anilines is 1. The Balaban J connectivity index is 1.49. The van der Waals surface area contributed by atoms with Crippen LogP contribution in [0.4, 0.5) is 10.5 Å². The van der Waals surface area contributed by atoms with Gasteiger partial charge in [0, 0.05) is 57.1 Å². The van der Waals surface area contributed by atoms with Crippen LogP contribution in [-0.4, -0.2) is 60.0 Å². The number of carbonyl (C=O) groups excluding carboxylic acids is 2. The Bertz CT molecular complexity index is 690. The standard InChI is InChI=1S/C21H30N2O5/c1-21(2,3)28-20(26)22-10-8-18(9-11-22)27-17-6-4-16(5-7-17)23-13-15(14-24)12-19(23)25/h4-7,15,18,24H,8-14H2,1-3H3. The van der Waals surface area contributed by atoms with E-state index < -0.39 is 5.60 Å². The number of hydrogen-bond donors (Lipinski definition) is 1. The third-order valence-corrected chi connectivity index (χ3v) is 5.01. The average Bonchev–Trinajstić information content (AvgIpc) is 3.02. The van der Waals surface area contributed by atoms with Gasteiger partial charge in [-0.2, -0.15) is 0 Å². The number of likely N-dealkylation sites (tertiary alicyclic amines) is 1. The van der Waals surface area contributed by atoms with Gasteiger partial charge in [0.1, 0.15) is 17.5 Å². The number of amides is 2. The van der Waals surface area contributed by atoms with Crippen LogP contribution in [0, 0.1) is 5.92 Å². The first-order valence-corrected chi connectivity index (χ1v) is 9.91. The Morgan fingerprint density at radius 2 is 1.82 bits per heavy atom. The summed E-state index contributed by atoms with van der Waals surface area (Å²) >= 11 is 0. The van der Waals surface area contributed by atoms with E-state index in [1.54, 1.807) is 9.80 Å². The van der Waals surface area contributed by atoms with Crippen molar-refractivity contribution in [1.29, 1.82) is 0 Å². The number of aliphatic hydroxyl groups is 1. The molecule has 0 spiro atoms. The lowest BCUT2D eigenvalue weighted by molar-refractivity contribution is -0.117. The first kappa shape index (κ1) is 20.5. The van der Waals surface area contributed by atoms with Gasteiger partial charge >= 0.3 is 6.09 Å². The van der Waals surface area contributed by atoms with Crippen molar-refractivity contribution in [1.82, 2.24) is 4.90 Å². The fourth-order valence-electron chi connectivity index (χ4n) is 3.53. The van der Waals surface area contributed by atoms with Crippen molar-refractivity contribution in [3.8, 4) is 5.75 Å². The molecule has 1 aromatic carbocycles. The number of piperidine rings is 1. The number of ether oxygens (including phenoxy) is 2. The molecule has 1 aromatic rings. The summed E-state index contributed by atoms with van der Waals surface area (Å²) in [6, 6.07) is 7.50. The highest BCUT2D eigenvalue weighted by atomic mass is 16.6. The zero-order valence-electron chi connectivity index (χ0n) is 16.9. The van der Waals surface area contributed by atoms with Crippen molar-refractivity contribution in [2.45, 2.75) is 51.7 Å². The van der Waals surface area contributed by atoms with Crippen molar-refractivity contribution in [2.75, 3.05) is 31.1 Å². The lowest BCUT2D eigenvalue weighted by Crippen LogP contribution is -2.44. The minimum absolute atomic E-state index is 0.0126. The van der Waals surface area contributed by atoms with Gasteiger partial charge in [0.2, 0.25) is 5.91 Å². The Kier molecular flexibility index (Phi) is 6.13. The molecular formula is C21H30N2O5. The number of aliphatic hydroxyl groups excluding tert-OH is 1. The summed E-state index contributed by atoms with van der Waals surface area (Å²) in [4.78, 5) is 27.6. The molecule has 0 radical (unpaired) electrons. The van der Waals surface area contributed by atoms with Gasteiger partial charge in [0.05, 0.1) is 0 Å². The highest BCUT2D eigenvalue weighted by molar-refractivity contribution is 5.95. The molecule has 2 heterocycles. The van der Waals surface area contributed by atoms with E-state index in [1.165, 1.54) is 0 Å². The van der Waals surface area contributed by atoms with E-state index in [0.29, 0.717) is 26.1 Å². The summed E-state index contributed by atoms with van der Waals surface area (Å²) in [7, 11) is 0. The number of rotatable bonds is 4. The summed E-state index contributed by atoms with van der Waals surface area (Å²) in [6.45, 7) is 7.41. The lowest BCUT2D eigenvalue weighted by atomic mass is 10.1. The number of hydrogen-bond acceptors (Lipinski definition) is 5. The highest BCUT2D eigenvalue weighted by Gasteiger charge is 2.30. The van der Waals surface area contributed by atoms with Crippen LogP contribution in [0.3, 0.4) is 0 Å². The van der Waals surface area contributed by atoms with Gasteiger partial charge in [-0.25, -0.2) is 4.79 Å². The minimum Gasteiger partial charge on any atom is -0.490 e. The summed E-state index contributed by atoms with van der Waals surface area (Å²) in [5, 5.41) is 9.25. The number of benzene rings is 1. The molecule has 1 N–H and O–H groups in total. The van der Waals surface area contributed by atoms with E-state index in [0.717, 1.165) is 24.3 Å². The first-order valence-electron chi connectivity index (χ1n) is 9.91. The van der Waals surface area contributed by atoms with E-state index >= 15 is 0 Å². The predicted octanol–water partition coefficient (Wildman–Crippen LogP) is 2.81. The Hall–Kier alpha value is -2.28. The number of carbonyl (C=O) groups is 2. The van der Waals surface area contributed by atoms with Crippen molar-refractivity contribution >= 4 is 17.7 Å². The van der Waals surface area contributed by atoms with Crippen LogP contribution in [0.25, 0.3) is 0 Å². The molecule has 0 aliphatic carbocycles. The second-order valence-electron chi connectivity index (χ2n) is 8.54. The molecule has 7 nitrogen and oxygen atoms in total. The molecule has 1 atom stereocenters. The second kappa shape index (κ2) is 8.39. The van der Waals surface area contributed by atoms with Gasteiger partial charge in [-0.1, -0.05) is 0 Å². The van der Waals surface area contributed by atoms with Gasteiger partial charge < -0.3 is 24.4 Å². The number of nitrogens with zero attached hydrogens (tertiary/aromatic N) is 2. The fraction of sp³-hybridized carbons (Fsp3) is 0.619. The van der Waals surface area contributed by atoms with Crippen molar-refractivity contribution < 1.29 is 24.2 Å². The summed E-state index contributed by atoms with van der Waals surface area (Å²) in [6.07, 6.45) is 1.68. The molecule has 3 rings (SSSR count). The molecule has 2 aliphatic rings. The third kappa shape index (κ3) is 5.16. The van der Waals surface area contributed by atoms with Crippen LogP contribution in [0.15, 0.2) is 24.3 Å². The van der Waals surface area contributed by atoms with Crippen LogP contribution in [-0.2, 0) is 9.53 Å². The van der Waals surface area contributed by atoms with Crippen LogP contribution in [0.5, 0.6) is 5.75 Å². The summed E-state index contributed by atoms with van der Waals surface area (Å²) < 4.78 is 11.5. The molecule has 2 amide bonds. The Morgan fingerprint density at radius 3 is 2.36 bits per heavy atom. The maximum atomic E-state index is 12.1. The van der Waals surface area contributed by atoms with Gasteiger partial charge in [-0.05, 0) is 45.0 Å². The maximum Gasteiger partial charge on any atom is 0.410 e. The Morgan fingerprint density at radius 1 is 1.18 bits per heavy atom. The molecule has 2 saturated heterocycles. The van der Waals surface area contributed by atoms with Gasteiger partial charge in [-0.3, -0.25) is 4.79 Å². The molecule has 0 bridgehead atoms. The van der Waals surface area contributed by atoms with Crippen molar-refractivity contribution in [3.63, 3.8) is 0 Å². The summed E-state index contributed by atoms with van der Waals surface area (Å²) in [5.74, 6) is 0.811. The topological polar surface area (TPSA) is 79.3 Å². The summed E-state index contributed by atoms with van der Waals surface area (Å²) in [5.41, 5.74) is 0.341. The van der Waals surface area contributed by atoms with Gasteiger partial charge in [-0.15, -0.1) is 0 Å². The second-order valence-corrected chi connectivity index (χ2v) is 8.54. The molecule has 0 saturated carbocycles.